The average molecular weight is 579 g/mol. The number of carbonyl (C=O) groups excluding carboxylic acids is 2. The Labute approximate surface area is 253 Å². The van der Waals surface area contributed by atoms with Gasteiger partial charge in [-0.15, -0.1) is 0 Å². The molecule has 0 aromatic heterocycles. The molecule has 0 unspecified atom stereocenters. The van der Waals surface area contributed by atoms with Crippen LogP contribution in [0.5, 0.6) is 23.0 Å². The minimum atomic E-state index is -0.879. The first-order valence-corrected chi connectivity index (χ1v) is 14.3. The first-order chi connectivity index (χ1) is 21.6. The van der Waals surface area contributed by atoms with Gasteiger partial charge in [-0.3, -0.25) is 0 Å². The van der Waals surface area contributed by atoms with Gasteiger partial charge < -0.3 is 18.9 Å². The fraction of sp³-hybridized carbons (Fsp3) is 0.0526. The molecule has 0 aliphatic rings. The topological polar surface area (TPSA) is 71.1 Å². The second-order valence-corrected chi connectivity index (χ2v) is 10.4. The zero-order valence-electron chi connectivity index (χ0n) is 23.8. The predicted octanol–water partition coefficient (Wildman–Crippen LogP) is 10.0. The monoisotopic (exact) mass is 578 g/mol. The van der Waals surface area contributed by atoms with E-state index in [1.54, 1.807) is 24.3 Å². The van der Waals surface area contributed by atoms with E-state index in [9.17, 15) is 9.59 Å². The largest absolute Gasteiger partial charge is 0.519 e. The van der Waals surface area contributed by atoms with Crippen LogP contribution in [0, 0.1) is 0 Å². The van der Waals surface area contributed by atoms with E-state index in [1.807, 2.05) is 110 Å². The van der Waals surface area contributed by atoms with Gasteiger partial charge in [0.15, 0.2) is 0 Å². The maximum atomic E-state index is 13.2. The van der Waals surface area contributed by atoms with E-state index in [1.165, 1.54) is 0 Å². The average Bonchev–Trinajstić information content (AvgIpc) is 3.05. The maximum Gasteiger partial charge on any atom is 0.519 e. The van der Waals surface area contributed by atoms with Gasteiger partial charge in [0.25, 0.3) is 0 Å². The van der Waals surface area contributed by atoms with Gasteiger partial charge >= 0.3 is 12.3 Å². The Morgan fingerprint density at radius 1 is 0.455 bits per heavy atom. The van der Waals surface area contributed by atoms with Crippen molar-refractivity contribution in [1.82, 2.24) is 0 Å². The summed E-state index contributed by atoms with van der Waals surface area (Å²) in [6, 6.07) is 39.5. The zero-order chi connectivity index (χ0) is 30.0. The van der Waals surface area contributed by atoms with Crippen LogP contribution in [0.15, 0.2) is 127 Å². The summed E-state index contributed by atoms with van der Waals surface area (Å²) in [6.07, 6.45) is -1.00. The van der Waals surface area contributed by atoms with E-state index in [-0.39, 0.29) is 0 Å². The minimum absolute atomic E-state index is 0.305. The highest BCUT2D eigenvalue weighted by Gasteiger charge is 2.22. The van der Waals surface area contributed by atoms with Gasteiger partial charge in [0.1, 0.15) is 23.0 Å². The Hall–Kier alpha value is -5.88. The molecule has 0 heterocycles. The molecule has 0 spiro atoms. The van der Waals surface area contributed by atoms with Crippen molar-refractivity contribution >= 4 is 55.4 Å². The van der Waals surface area contributed by atoms with E-state index >= 15 is 0 Å². The number of carbonyl (C=O) groups is 2. The number of rotatable bonds is 5. The normalized spacial score (nSPS) is 11.1. The summed E-state index contributed by atoms with van der Waals surface area (Å²) in [4.78, 5) is 26.3. The van der Waals surface area contributed by atoms with Gasteiger partial charge in [-0.2, -0.15) is 0 Å². The molecule has 44 heavy (non-hydrogen) atoms. The van der Waals surface area contributed by atoms with Crippen LogP contribution < -0.4 is 18.9 Å². The molecule has 6 heteroatoms. The molecule has 6 nitrogen and oxygen atoms in total. The van der Waals surface area contributed by atoms with Gasteiger partial charge in [-0.25, -0.2) is 9.59 Å². The lowest BCUT2D eigenvalue weighted by Crippen LogP contribution is -2.16. The lowest BCUT2D eigenvalue weighted by Gasteiger charge is -2.17. The Kier molecular flexibility index (Phi) is 7.00. The predicted molar refractivity (Wildman–Crippen MR) is 172 cm³/mol. The number of hydrogen-bond donors (Lipinski definition) is 0. The quantitative estimate of drug-likeness (QED) is 0.115. The fourth-order valence-electron chi connectivity index (χ4n) is 5.45. The van der Waals surface area contributed by atoms with Crippen LogP contribution in [-0.4, -0.2) is 12.3 Å². The SMILES string of the molecule is CCc1ccc2c(OC(=O)Oc3ccc4ccccc4c3)c3ccccc3c(OC(=O)Oc3ccc4ccccc4c3)c2c1. The number of aryl methyl sites for hydroxylation is 1. The van der Waals surface area contributed by atoms with Crippen molar-refractivity contribution in [2.24, 2.45) is 0 Å². The highest BCUT2D eigenvalue weighted by molar-refractivity contribution is 6.12. The molecule has 0 N–H and O–H groups in total. The summed E-state index contributed by atoms with van der Waals surface area (Å²) in [5.41, 5.74) is 1.02. The standard InChI is InChI=1S/C38H26O6/c1-2-24-15-20-33-34(21-24)36(44-38(40)42-30-19-17-26-10-4-6-12-28(26)23-30)32-14-8-7-13-31(32)35(33)43-37(39)41-29-18-16-25-9-3-5-11-27(25)22-29/h3-23H,2H2,1H3. The third-order valence-electron chi connectivity index (χ3n) is 7.61. The highest BCUT2D eigenvalue weighted by atomic mass is 16.7. The summed E-state index contributed by atoms with van der Waals surface area (Å²) in [5, 5.41) is 6.30. The Morgan fingerprint density at radius 2 is 0.909 bits per heavy atom. The van der Waals surface area contributed by atoms with Crippen LogP contribution in [0.1, 0.15) is 12.5 Å². The molecule has 0 fully saturated rings. The molecule has 0 saturated carbocycles. The number of fused-ring (bicyclic) bond motifs is 4. The second-order valence-electron chi connectivity index (χ2n) is 10.4. The summed E-state index contributed by atoms with van der Waals surface area (Å²) in [7, 11) is 0. The molecule has 0 aliphatic heterocycles. The first-order valence-electron chi connectivity index (χ1n) is 14.3. The van der Waals surface area contributed by atoms with Gasteiger partial charge in [0, 0.05) is 21.5 Å². The van der Waals surface area contributed by atoms with Crippen molar-refractivity contribution in [3.05, 3.63) is 133 Å². The molecule has 0 atom stereocenters. The Morgan fingerprint density at radius 3 is 1.43 bits per heavy atom. The van der Waals surface area contributed by atoms with Crippen molar-refractivity contribution in [3.63, 3.8) is 0 Å². The lowest BCUT2D eigenvalue weighted by atomic mass is 9.98. The zero-order valence-corrected chi connectivity index (χ0v) is 23.8. The van der Waals surface area contributed by atoms with E-state index in [2.05, 4.69) is 0 Å². The molecule has 0 bridgehead atoms. The summed E-state index contributed by atoms with van der Waals surface area (Å²) in [5.74, 6) is 1.35. The third-order valence-corrected chi connectivity index (χ3v) is 7.61. The molecule has 7 aromatic carbocycles. The molecule has 7 aromatic rings. The third kappa shape index (κ3) is 5.25. The molecule has 214 valence electrons. The van der Waals surface area contributed by atoms with Crippen molar-refractivity contribution in [2.45, 2.75) is 13.3 Å². The first kappa shape index (κ1) is 27.0. The molecular weight excluding hydrogens is 552 g/mol. The maximum absolute atomic E-state index is 13.2. The highest BCUT2D eigenvalue weighted by Crippen LogP contribution is 2.43. The molecule has 0 radical (unpaired) electrons. The van der Waals surface area contributed by atoms with Crippen LogP contribution in [0.4, 0.5) is 9.59 Å². The summed E-state index contributed by atoms with van der Waals surface area (Å²) in [6.45, 7) is 2.04. The van der Waals surface area contributed by atoms with Gasteiger partial charge in [-0.05, 0) is 63.9 Å². The Bertz CT molecular complexity index is 2220. The fourth-order valence-corrected chi connectivity index (χ4v) is 5.45. The number of benzene rings is 7. The van der Waals surface area contributed by atoms with Gasteiger partial charge in [0.2, 0.25) is 0 Å². The van der Waals surface area contributed by atoms with Crippen LogP contribution in [-0.2, 0) is 6.42 Å². The molecule has 0 amide bonds. The van der Waals surface area contributed by atoms with Crippen LogP contribution in [0.2, 0.25) is 0 Å². The van der Waals surface area contributed by atoms with Crippen molar-refractivity contribution in [3.8, 4) is 23.0 Å². The number of hydrogen-bond acceptors (Lipinski definition) is 6. The van der Waals surface area contributed by atoms with Gasteiger partial charge in [0.05, 0.1) is 0 Å². The number of ether oxygens (including phenoxy) is 4. The molecule has 0 aliphatic carbocycles. The second kappa shape index (κ2) is 11.4. The smallest absolute Gasteiger partial charge is 0.395 e. The molecule has 7 rings (SSSR count). The van der Waals surface area contributed by atoms with E-state index in [0.29, 0.717) is 44.5 Å². The summed E-state index contributed by atoms with van der Waals surface area (Å²) < 4.78 is 23.0. The Balaban J connectivity index is 1.25. The van der Waals surface area contributed by atoms with Crippen molar-refractivity contribution in [2.75, 3.05) is 0 Å². The van der Waals surface area contributed by atoms with Crippen molar-refractivity contribution in [1.29, 1.82) is 0 Å². The lowest BCUT2D eigenvalue weighted by molar-refractivity contribution is 0.151. The van der Waals surface area contributed by atoms with Crippen LogP contribution in [0.3, 0.4) is 0 Å². The van der Waals surface area contributed by atoms with E-state index in [0.717, 1.165) is 33.5 Å². The van der Waals surface area contributed by atoms with Gasteiger partial charge in [-0.1, -0.05) is 104 Å². The molecule has 0 saturated heterocycles. The van der Waals surface area contributed by atoms with E-state index in [4.69, 9.17) is 18.9 Å². The van der Waals surface area contributed by atoms with Crippen molar-refractivity contribution < 1.29 is 28.5 Å². The minimum Gasteiger partial charge on any atom is -0.395 e. The molecular formula is C38H26O6. The van der Waals surface area contributed by atoms with E-state index < -0.39 is 12.3 Å². The summed E-state index contributed by atoms with van der Waals surface area (Å²) >= 11 is 0. The van der Waals surface area contributed by atoms with Crippen LogP contribution in [0.25, 0.3) is 43.1 Å². The van der Waals surface area contributed by atoms with Crippen LogP contribution >= 0.6 is 0 Å².